The highest BCUT2D eigenvalue weighted by atomic mass is 35.5. The van der Waals surface area contributed by atoms with Gasteiger partial charge in [-0.3, -0.25) is 9.59 Å². The van der Waals surface area contributed by atoms with Gasteiger partial charge in [-0.25, -0.2) is 0 Å². The van der Waals surface area contributed by atoms with Gasteiger partial charge in [-0.05, 0) is 5.56 Å². The van der Waals surface area contributed by atoms with Crippen molar-refractivity contribution in [3.63, 3.8) is 0 Å². The maximum atomic E-state index is 11.0. The molecule has 22 heavy (non-hydrogen) atoms. The summed E-state index contributed by atoms with van der Waals surface area (Å²) in [7, 11) is 0. The topological polar surface area (TPSA) is 46.2 Å². The Morgan fingerprint density at radius 2 is 1.50 bits per heavy atom. The number of carbonyl (C=O) groups excluding carboxylic acids is 2. The van der Waals surface area contributed by atoms with Gasteiger partial charge in [0.25, 0.3) is 0 Å². The highest BCUT2D eigenvalue weighted by molar-refractivity contribution is 7.97. The summed E-state index contributed by atoms with van der Waals surface area (Å²) in [6.07, 6.45) is 0.383. The second-order valence-corrected chi connectivity index (χ2v) is 5.16. The molecule has 0 spiro atoms. The van der Waals surface area contributed by atoms with Crippen molar-refractivity contribution in [1.29, 1.82) is 0 Å². The molecule has 2 aromatic carbocycles. The van der Waals surface area contributed by atoms with Crippen molar-refractivity contribution in [2.24, 2.45) is 0 Å². The number of nitrogens with one attached hydrogen (secondary N) is 1. The first kappa shape index (κ1) is 18.3. The van der Waals surface area contributed by atoms with Crippen molar-refractivity contribution in [2.45, 2.75) is 13.0 Å². The summed E-state index contributed by atoms with van der Waals surface area (Å²) in [5, 5.41) is 2.59. The van der Waals surface area contributed by atoms with Crippen LogP contribution < -0.4 is 5.32 Å². The van der Waals surface area contributed by atoms with E-state index in [1.165, 1.54) is 0 Å². The standard InChI is InChI=1S/C10H12ClNO.C7H6OS/c11-7-6-10(13)12-8-9-4-2-1-3-5-9;8-7(9)6-4-2-1-3-5-6/h1-5H,6-8H2,(H,12,13);1-5H,(H,8,9). The van der Waals surface area contributed by atoms with Gasteiger partial charge in [-0.2, -0.15) is 0 Å². The van der Waals surface area contributed by atoms with Gasteiger partial charge in [0.2, 0.25) is 11.0 Å². The fraction of sp³-hybridized carbons (Fsp3) is 0.176. The third-order valence-electron chi connectivity index (χ3n) is 2.67. The fourth-order valence-corrected chi connectivity index (χ4v) is 1.87. The van der Waals surface area contributed by atoms with Crippen molar-refractivity contribution in [1.82, 2.24) is 5.32 Å². The molecule has 0 aliphatic heterocycles. The first-order valence-electron chi connectivity index (χ1n) is 6.78. The van der Waals surface area contributed by atoms with Crippen LogP contribution in [-0.4, -0.2) is 16.9 Å². The van der Waals surface area contributed by atoms with E-state index in [-0.39, 0.29) is 11.0 Å². The maximum absolute atomic E-state index is 11.0. The Kier molecular flexibility index (Phi) is 9.03. The number of thiol groups is 1. The molecule has 1 amide bonds. The molecule has 0 radical (unpaired) electrons. The van der Waals surface area contributed by atoms with Crippen LogP contribution in [0.15, 0.2) is 60.7 Å². The second-order valence-electron chi connectivity index (χ2n) is 4.37. The summed E-state index contributed by atoms with van der Waals surface area (Å²) in [5.41, 5.74) is 1.74. The number of carbonyl (C=O) groups is 2. The van der Waals surface area contributed by atoms with E-state index in [0.29, 0.717) is 24.4 Å². The van der Waals surface area contributed by atoms with Gasteiger partial charge in [-0.1, -0.05) is 60.7 Å². The van der Waals surface area contributed by atoms with E-state index in [4.69, 9.17) is 11.6 Å². The van der Waals surface area contributed by atoms with Crippen LogP contribution in [0.5, 0.6) is 0 Å². The van der Waals surface area contributed by atoms with Crippen LogP contribution in [0, 0.1) is 0 Å². The molecule has 0 aliphatic rings. The van der Waals surface area contributed by atoms with Crippen LogP contribution in [0.3, 0.4) is 0 Å². The van der Waals surface area contributed by atoms with Crippen molar-refractivity contribution in [3.05, 3.63) is 71.8 Å². The van der Waals surface area contributed by atoms with E-state index in [9.17, 15) is 9.59 Å². The quantitative estimate of drug-likeness (QED) is 0.646. The molecular weight excluding hydrogens is 318 g/mol. The Morgan fingerprint density at radius 3 is 1.95 bits per heavy atom. The van der Waals surface area contributed by atoms with Crippen LogP contribution in [-0.2, 0) is 11.3 Å². The molecule has 5 heteroatoms. The monoisotopic (exact) mass is 335 g/mol. The number of halogens is 1. The normalized spacial score (nSPS) is 9.36. The van der Waals surface area contributed by atoms with Gasteiger partial charge in [-0.15, -0.1) is 24.2 Å². The van der Waals surface area contributed by atoms with Crippen LogP contribution in [0.2, 0.25) is 0 Å². The van der Waals surface area contributed by atoms with Crippen LogP contribution in [0.4, 0.5) is 0 Å². The number of amides is 1. The molecule has 3 nitrogen and oxygen atoms in total. The minimum absolute atomic E-state index is 0.00106. The highest BCUT2D eigenvalue weighted by Gasteiger charge is 1.98. The molecule has 0 aromatic heterocycles. The molecule has 0 atom stereocenters. The van der Waals surface area contributed by atoms with E-state index < -0.39 is 0 Å². The Hall–Kier alpha value is -1.78. The first-order valence-corrected chi connectivity index (χ1v) is 7.76. The van der Waals surface area contributed by atoms with Crippen molar-refractivity contribution in [3.8, 4) is 0 Å². The molecular formula is C17H18ClNO2S. The van der Waals surface area contributed by atoms with Crippen molar-refractivity contribution < 1.29 is 9.59 Å². The van der Waals surface area contributed by atoms with E-state index in [2.05, 4.69) is 17.9 Å². The van der Waals surface area contributed by atoms with Gasteiger partial charge < -0.3 is 5.32 Å². The third kappa shape index (κ3) is 7.86. The van der Waals surface area contributed by atoms with Gasteiger partial charge >= 0.3 is 0 Å². The van der Waals surface area contributed by atoms with Crippen LogP contribution in [0.25, 0.3) is 0 Å². The van der Waals surface area contributed by atoms with Gasteiger partial charge in [0.05, 0.1) is 0 Å². The molecule has 0 saturated heterocycles. The molecule has 0 saturated carbocycles. The summed E-state index contributed by atoms with van der Waals surface area (Å²) < 4.78 is 0. The average molecular weight is 336 g/mol. The van der Waals surface area contributed by atoms with E-state index >= 15 is 0 Å². The Bertz CT molecular complexity index is 576. The lowest BCUT2D eigenvalue weighted by atomic mass is 10.2. The van der Waals surface area contributed by atoms with Gasteiger partial charge in [0, 0.05) is 24.4 Å². The fourth-order valence-electron chi connectivity index (χ4n) is 1.55. The SMILES string of the molecule is O=C(CCCl)NCc1ccccc1.O=C(S)c1ccccc1. The highest BCUT2D eigenvalue weighted by Crippen LogP contribution is 2.01. The molecule has 2 aromatic rings. The predicted octanol–water partition coefficient (Wildman–Crippen LogP) is 3.69. The van der Waals surface area contributed by atoms with Gasteiger partial charge in [0.15, 0.2) is 0 Å². The molecule has 0 bridgehead atoms. The Balaban J connectivity index is 0.000000235. The zero-order valence-electron chi connectivity index (χ0n) is 12.0. The molecule has 2 rings (SSSR count). The summed E-state index contributed by atoms with van der Waals surface area (Å²) >= 11 is 9.07. The first-order chi connectivity index (χ1) is 10.6. The zero-order valence-corrected chi connectivity index (χ0v) is 13.7. The lowest BCUT2D eigenvalue weighted by molar-refractivity contribution is -0.120. The second kappa shape index (κ2) is 10.9. The number of rotatable bonds is 5. The molecule has 0 fully saturated rings. The number of alkyl halides is 1. The molecule has 1 N–H and O–H groups in total. The minimum atomic E-state index is -0.185. The van der Waals surface area contributed by atoms with E-state index in [1.807, 2.05) is 48.5 Å². The minimum Gasteiger partial charge on any atom is -0.352 e. The largest absolute Gasteiger partial charge is 0.352 e. The Morgan fingerprint density at radius 1 is 0.955 bits per heavy atom. The van der Waals surface area contributed by atoms with Crippen LogP contribution in [0.1, 0.15) is 22.3 Å². The average Bonchev–Trinajstić information content (AvgIpc) is 2.56. The van der Waals surface area contributed by atoms with Crippen molar-refractivity contribution >= 4 is 35.3 Å². The van der Waals surface area contributed by atoms with Gasteiger partial charge in [0.1, 0.15) is 0 Å². The lowest BCUT2D eigenvalue weighted by Gasteiger charge is -2.02. The van der Waals surface area contributed by atoms with E-state index in [1.54, 1.807) is 12.1 Å². The smallest absolute Gasteiger partial charge is 0.221 e. The summed E-state index contributed by atoms with van der Waals surface area (Å²) in [6, 6.07) is 18.7. The summed E-state index contributed by atoms with van der Waals surface area (Å²) in [5.74, 6) is 0.375. The molecule has 0 heterocycles. The van der Waals surface area contributed by atoms with Crippen LogP contribution >= 0.6 is 24.2 Å². The number of benzene rings is 2. The van der Waals surface area contributed by atoms with Crippen molar-refractivity contribution in [2.75, 3.05) is 5.88 Å². The maximum Gasteiger partial charge on any atom is 0.221 e. The third-order valence-corrected chi connectivity index (χ3v) is 3.12. The molecule has 0 aliphatic carbocycles. The predicted molar refractivity (Wildman–Crippen MR) is 93.4 cm³/mol. The summed E-state index contributed by atoms with van der Waals surface area (Å²) in [6.45, 7) is 0.580. The molecule has 116 valence electrons. The summed E-state index contributed by atoms with van der Waals surface area (Å²) in [4.78, 5) is 21.5. The number of hydrogen-bond acceptors (Lipinski definition) is 2. The zero-order chi connectivity index (χ0) is 16.2. The lowest BCUT2D eigenvalue weighted by Crippen LogP contribution is -2.22. The number of hydrogen-bond donors (Lipinski definition) is 2. The Labute approximate surface area is 141 Å². The molecule has 0 unspecified atom stereocenters. The van der Waals surface area contributed by atoms with E-state index in [0.717, 1.165) is 5.56 Å².